The molecule has 0 aliphatic heterocycles. The zero-order valence-electron chi connectivity index (χ0n) is 12.6. The van der Waals surface area contributed by atoms with E-state index in [4.69, 9.17) is 10.5 Å². The summed E-state index contributed by atoms with van der Waals surface area (Å²) in [5.74, 6) is 0.845. The number of hydrogen-bond donors (Lipinski definition) is 2. The normalized spacial score (nSPS) is 12.2. The molecule has 1 rings (SSSR count). The average Bonchev–Trinajstić information content (AvgIpc) is 2.47. The highest BCUT2D eigenvalue weighted by Crippen LogP contribution is 2.22. The number of methoxy groups -OCH3 is 1. The van der Waals surface area contributed by atoms with E-state index in [1.54, 1.807) is 7.11 Å². The minimum Gasteiger partial charge on any atom is -0.497 e. The van der Waals surface area contributed by atoms with Crippen LogP contribution >= 0.6 is 0 Å². The molecular formula is C15H25N3O2. The Bertz CT molecular complexity index is 406. The lowest BCUT2D eigenvalue weighted by Gasteiger charge is -2.29. The van der Waals surface area contributed by atoms with E-state index in [0.717, 1.165) is 17.9 Å². The van der Waals surface area contributed by atoms with Crippen molar-refractivity contribution in [3.8, 4) is 5.75 Å². The Hall–Kier alpha value is -1.59. The smallest absolute Gasteiger partial charge is 0.234 e. The van der Waals surface area contributed by atoms with Gasteiger partial charge in [-0.25, -0.2) is 0 Å². The molecule has 112 valence electrons. The lowest BCUT2D eigenvalue weighted by atomic mass is 10.0. The van der Waals surface area contributed by atoms with Gasteiger partial charge in [0, 0.05) is 19.1 Å². The van der Waals surface area contributed by atoms with Gasteiger partial charge in [-0.1, -0.05) is 19.1 Å². The zero-order valence-corrected chi connectivity index (χ0v) is 12.6. The van der Waals surface area contributed by atoms with Crippen molar-refractivity contribution in [3.05, 3.63) is 29.8 Å². The average molecular weight is 279 g/mol. The maximum Gasteiger partial charge on any atom is 0.234 e. The molecule has 0 saturated carbocycles. The topological polar surface area (TPSA) is 67.6 Å². The Morgan fingerprint density at radius 3 is 2.45 bits per heavy atom. The second-order valence-corrected chi connectivity index (χ2v) is 4.54. The van der Waals surface area contributed by atoms with Crippen LogP contribution in [-0.2, 0) is 4.79 Å². The summed E-state index contributed by atoms with van der Waals surface area (Å²) in [5, 5.41) is 2.82. The number of rotatable bonds is 8. The van der Waals surface area contributed by atoms with Gasteiger partial charge in [-0.2, -0.15) is 0 Å². The highest BCUT2D eigenvalue weighted by molar-refractivity contribution is 5.78. The largest absolute Gasteiger partial charge is 0.497 e. The lowest BCUT2D eigenvalue weighted by molar-refractivity contribution is -0.122. The number of nitrogens with one attached hydrogen (secondary N) is 1. The van der Waals surface area contributed by atoms with Gasteiger partial charge >= 0.3 is 0 Å². The molecule has 3 N–H and O–H groups in total. The van der Waals surface area contributed by atoms with Gasteiger partial charge in [0.05, 0.1) is 13.7 Å². The molecule has 1 aromatic rings. The Kier molecular flexibility index (Phi) is 7.04. The van der Waals surface area contributed by atoms with E-state index in [-0.39, 0.29) is 11.9 Å². The molecule has 5 nitrogen and oxygen atoms in total. The van der Waals surface area contributed by atoms with Gasteiger partial charge in [-0.15, -0.1) is 0 Å². The summed E-state index contributed by atoms with van der Waals surface area (Å²) in [6.07, 6.45) is 0. The van der Waals surface area contributed by atoms with Crippen LogP contribution < -0.4 is 15.8 Å². The number of nitrogens with two attached hydrogens (primary N) is 1. The maximum absolute atomic E-state index is 11.8. The Balaban J connectivity index is 2.81. The van der Waals surface area contributed by atoms with Gasteiger partial charge in [0.2, 0.25) is 5.91 Å². The number of benzene rings is 1. The van der Waals surface area contributed by atoms with Crippen LogP contribution in [0, 0.1) is 0 Å². The molecule has 0 heterocycles. The van der Waals surface area contributed by atoms with Crippen LogP contribution in [0.3, 0.4) is 0 Å². The standard InChI is InChI=1S/C15H25N3O2/c1-4-17-15(19)11-18(5-2)14(10-16)12-6-8-13(20-3)9-7-12/h6-9,14H,4-5,10-11,16H2,1-3H3,(H,17,19). The second-order valence-electron chi connectivity index (χ2n) is 4.54. The van der Waals surface area contributed by atoms with Crippen molar-refractivity contribution >= 4 is 5.91 Å². The molecule has 0 aromatic heterocycles. The minimum atomic E-state index is 0.0290. The zero-order chi connectivity index (χ0) is 15.0. The van der Waals surface area contributed by atoms with Crippen molar-refractivity contribution < 1.29 is 9.53 Å². The summed E-state index contributed by atoms with van der Waals surface area (Å²) in [4.78, 5) is 13.8. The summed E-state index contributed by atoms with van der Waals surface area (Å²) in [7, 11) is 1.64. The molecule has 1 amide bonds. The molecular weight excluding hydrogens is 254 g/mol. The fourth-order valence-electron chi connectivity index (χ4n) is 2.20. The molecule has 0 saturated heterocycles. The number of ether oxygens (including phenoxy) is 1. The van der Waals surface area contributed by atoms with Gasteiger partial charge in [-0.05, 0) is 31.2 Å². The fourth-order valence-corrected chi connectivity index (χ4v) is 2.20. The first kappa shape index (κ1) is 16.5. The van der Waals surface area contributed by atoms with Gasteiger partial charge < -0.3 is 15.8 Å². The van der Waals surface area contributed by atoms with E-state index in [1.807, 2.05) is 38.1 Å². The lowest BCUT2D eigenvalue weighted by Crippen LogP contribution is -2.41. The molecule has 1 unspecified atom stereocenters. The van der Waals surface area contributed by atoms with E-state index in [1.165, 1.54) is 0 Å². The summed E-state index contributed by atoms with van der Waals surface area (Å²) in [6, 6.07) is 7.86. The van der Waals surface area contributed by atoms with Crippen molar-refractivity contribution in [2.45, 2.75) is 19.9 Å². The van der Waals surface area contributed by atoms with Crippen molar-refractivity contribution in [2.75, 3.05) is 33.3 Å². The van der Waals surface area contributed by atoms with Crippen molar-refractivity contribution in [3.63, 3.8) is 0 Å². The molecule has 0 aliphatic carbocycles. The van der Waals surface area contributed by atoms with E-state index < -0.39 is 0 Å². The summed E-state index contributed by atoms with van der Waals surface area (Å²) < 4.78 is 5.16. The number of nitrogens with zero attached hydrogens (tertiary/aromatic N) is 1. The summed E-state index contributed by atoms with van der Waals surface area (Å²) >= 11 is 0. The Morgan fingerprint density at radius 1 is 1.35 bits per heavy atom. The van der Waals surface area contributed by atoms with Crippen LogP contribution in [0.4, 0.5) is 0 Å². The Morgan fingerprint density at radius 2 is 2.00 bits per heavy atom. The first-order chi connectivity index (χ1) is 9.65. The van der Waals surface area contributed by atoms with Gasteiger partial charge in [0.25, 0.3) is 0 Å². The van der Waals surface area contributed by atoms with E-state index in [9.17, 15) is 4.79 Å². The third-order valence-electron chi connectivity index (χ3n) is 3.29. The molecule has 0 bridgehead atoms. The SMILES string of the molecule is CCNC(=O)CN(CC)C(CN)c1ccc(OC)cc1. The van der Waals surface area contributed by atoms with Gasteiger partial charge in [0.1, 0.15) is 5.75 Å². The third-order valence-corrected chi connectivity index (χ3v) is 3.29. The molecule has 1 atom stereocenters. The highest BCUT2D eigenvalue weighted by atomic mass is 16.5. The van der Waals surface area contributed by atoms with Crippen LogP contribution in [0.25, 0.3) is 0 Å². The number of amides is 1. The van der Waals surface area contributed by atoms with E-state index in [0.29, 0.717) is 19.6 Å². The number of hydrogen-bond acceptors (Lipinski definition) is 4. The van der Waals surface area contributed by atoms with Crippen molar-refractivity contribution in [1.82, 2.24) is 10.2 Å². The van der Waals surface area contributed by atoms with E-state index in [2.05, 4.69) is 10.2 Å². The molecule has 20 heavy (non-hydrogen) atoms. The minimum absolute atomic E-state index is 0.0290. The molecule has 0 aliphatic rings. The van der Waals surface area contributed by atoms with E-state index >= 15 is 0 Å². The van der Waals surface area contributed by atoms with Gasteiger partial charge in [-0.3, -0.25) is 9.69 Å². The van der Waals surface area contributed by atoms with Crippen molar-refractivity contribution in [1.29, 1.82) is 0 Å². The van der Waals surface area contributed by atoms with Gasteiger partial charge in [0.15, 0.2) is 0 Å². The number of likely N-dealkylation sites (N-methyl/N-ethyl adjacent to an activating group) is 2. The number of carbonyl (C=O) groups excluding carboxylic acids is 1. The molecule has 0 spiro atoms. The predicted molar refractivity (Wildman–Crippen MR) is 80.7 cm³/mol. The van der Waals surface area contributed by atoms with Crippen LogP contribution in [-0.4, -0.2) is 44.1 Å². The fraction of sp³-hybridized carbons (Fsp3) is 0.533. The van der Waals surface area contributed by atoms with Crippen LogP contribution in [0.2, 0.25) is 0 Å². The monoisotopic (exact) mass is 279 g/mol. The quantitative estimate of drug-likeness (QED) is 0.749. The Labute approximate surface area is 121 Å². The molecule has 1 aromatic carbocycles. The summed E-state index contributed by atoms with van der Waals surface area (Å²) in [6.45, 7) is 6.19. The van der Waals surface area contributed by atoms with Crippen LogP contribution in [0.5, 0.6) is 5.75 Å². The first-order valence-corrected chi connectivity index (χ1v) is 7.01. The second kappa shape index (κ2) is 8.55. The maximum atomic E-state index is 11.8. The van der Waals surface area contributed by atoms with Crippen LogP contribution in [0.15, 0.2) is 24.3 Å². The predicted octanol–water partition coefficient (Wildman–Crippen LogP) is 1.15. The van der Waals surface area contributed by atoms with Crippen molar-refractivity contribution in [2.24, 2.45) is 5.73 Å². The first-order valence-electron chi connectivity index (χ1n) is 7.01. The third kappa shape index (κ3) is 4.51. The molecule has 0 fully saturated rings. The molecule has 0 radical (unpaired) electrons. The van der Waals surface area contributed by atoms with Crippen LogP contribution in [0.1, 0.15) is 25.5 Å². The summed E-state index contributed by atoms with van der Waals surface area (Å²) in [5.41, 5.74) is 6.99. The molecule has 5 heteroatoms. The highest BCUT2D eigenvalue weighted by Gasteiger charge is 2.19. The number of carbonyl (C=O) groups is 1.